The monoisotopic (exact) mass is 303 g/mol. The quantitative estimate of drug-likeness (QED) is 0.423. The summed E-state index contributed by atoms with van der Waals surface area (Å²) in [4.78, 5) is 13.7. The third-order valence-corrected chi connectivity index (χ3v) is 3.53. The molecule has 0 spiro atoms. The van der Waals surface area contributed by atoms with Crippen molar-refractivity contribution in [1.82, 2.24) is 4.90 Å². The molecule has 0 saturated carbocycles. The van der Waals surface area contributed by atoms with Crippen LogP contribution in [-0.4, -0.2) is 43.0 Å². The topological polar surface area (TPSA) is 29.5 Å². The van der Waals surface area contributed by atoms with Gasteiger partial charge in [0, 0.05) is 25.4 Å². The number of hydrogen-bond acceptors (Lipinski definition) is 2. The first-order valence-electron chi connectivity index (χ1n) is 7.52. The summed E-state index contributed by atoms with van der Waals surface area (Å²) in [6.07, 6.45) is 6.11. The number of unbranched alkanes of at least 4 members (excludes halogenated alkanes) is 2. The van der Waals surface area contributed by atoms with Gasteiger partial charge in [-0.1, -0.05) is 39.7 Å². The first-order valence-corrected chi connectivity index (χ1v) is 8.05. The van der Waals surface area contributed by atoms with E-state index in [9.17, 15) is 4.79 Å². The standard InChI is InChI=1S/C11H19NO2.C5H11Cl/c1-4-11(2,3)9-10(13)12-5-7-14-8-6-12;1-2-3-4-5-6/h4H,1,5-9H2,2-3H3;2-5H2,1H3. The number of nitrogens with zero attached hydrogens (tertiary/aromatic N) is 1. The van der Waals surface area contributed by atoms with E-state index in [0.29, 0.717) is 19.6 Å². The summed E-state index contributed by atoms with van der Waals surface area (Å²) in [6.45, 7) is 12.8. The van der Waals surface area contributed by atoms with Gasteiger partial charge in [0.25, 0.3) is 0 Å². The fraction of sp³-hybridized carbons (Fsp3) is 0.812. The van der Waals surface area contributed by atoms with Gasteiger partial charge in [0.1, 0.15) is 0 Å². The Hall–Kier alpha value is -0.540. The number of alkyl halides is 1. The lowest BCUT2D eigenvalue weighted by Crippen LogP contribution is -2.42. The van der Waals surface area contributed by atoms with Gasteiger partial charge >= 0.3 is 0 Å². The number of allylic oxidation sites excluding steroid dienone is 1. The molecule has 0 N–H and O–H groups in total. The van der Waals surface area contributed by atoms with E-state index in [2.05, 4.69) is 13.5 Å². The van der Waals surface area contributed by atoms with Gasteiger partial charge in [0.05, 0.1) is 13.2 Å². The van der Waals surface area contributed by atoms with Gasteiger partial charge in [-0.05, 0) is 11.8 Å². The fourth-order valence-electron chi connectivity index (χ4n) is 1.73. The number of carbonyl (C=O) groups excluding carboxylic acids is 1. The van der Waals surface area contributed by atoms with Gasteiger partial charge in [-0.15, -0.1) is 18.2 Å². The van der Waals surface area contributed by atoms with Crippen molar-refractivity contribution in [3.8, 4) is 0 Å². The van der Waals surface area contributed by atoms with Gasteiger partial charge in [0.15, 0.2) is 0 Å². The fourth-order valence-corrected chi connectivity index (χ4v) is 1.92. The van der Waals surface area contributed by atoms with E-state index in [4.69, 9.17) is 16.3 Å². The molecule has 118 valence electrons. The molecule has 0 atom stereocenters. The Morgan fingerprint density at radius 1 is 1.35 bits per heavy atom. The molecule has 0 aromatic rings. The Balaban J connectivity index is 0.000000511. The maximum atomic E-state index is 11.8. The number of carbonyl (C=O) groups is 1. The molecule has 3 nitrogen and oxygen atoms in total. The van der Waals surface area contributed by atoms with Crippen LogP contribution in [0.1, 0.15) is 46.5 Å². The minimum atomic E-state index is -0.102. The van der Waals surface area contributed by atoms with Gasteiger partial charge < -0.3 is 9.64 Å². The summed E-state index contributed by atoms with van der Waals surface area (Å²) in [5, 5.41) is 0. The maximum Gasteiger partial charge on any atom is 0.223 e. The second-order valence-electron chi connectivity index (χ2n) is 5.76. The Morgan fingerprint density at radius 2 is 1.95 bits per heavy atom. The molecule has 1 fully saturated rings. The van der Waals surface area contributed by atoms with Crippen LogP contribution < -0.4 is 0 Å². The van der Waals surface area contributed by atoms with Crippen LogP contribution in [0.2, 0.25) is 0 Å². The smallest absolute Gasteiger partial charge is 0.223 e. The molecule has 1 amide bonds. The molecule has 0 unspecified atom stereocenters. The van der Waals surface area contributed by atoms with Crippen LogP contribution in [0.25, 0.3) is 0 Å². The van der Waals surface area contributed by atoms with E-state index < -0.39 is 0 Å². The van der Waals surface area contributed by atoms with E-state index in [-0.39, 0.29) is 11.3 Å². The molecule has 1 heterocycles. The molecule has 0 aromatic heterocycles. The van der Waals surface area contributed by atoms with E-state index in [1.807, 2.05) is 24.8 Å². The molecule has 4 heteroatoms. The van der Waals surface area contributed by atoms with Crippen LogP contribution in [0.5, 0.6) is 0 Å². The number of hydrogen-bond donors (Lipinski definition) is 0. The Bertz CT molecular complexity index is 270. The Morgan fingerprint density at radius 3 is 2.35 bits per heavy atom. The summed E-state index contributed by atoms with van der Waals surface area (Å²) in [5.41, 5.74) is -0.102. The minimum Gasteiger partial charge on any atom is -0.378 e. The summed E-state index contributed by atoms with van der Waals surface area (Å²) in [7, 11) is 0. The number of morpholine rings is 1. The second-order valence-corrected chi connectivity index (χ2v) is 6.14. The van der Waals surface area contributed by atoms with Gasteiger partial charge in [-0.3, -0.25) is 4.79 Å². The van der Waals surface area contributed by atoms with Crippen LogP contribution in [0.15, 0.2) is 12.7 Å². The molecule has 1 aliphatic heterocycles. The average molecular weight is 304 g/mol. The first-order chi connectivity index (χ1) is 9.46. The minimum absolute atomic E-state index is 0.102. The van der Waals surface area contributed by atoms with Crippen molar-refractivity contribution in [3.63, 3.8) is 0 Å². The third-order valence-electron chi connectivity index (χ3n) is 3.26. The number of ether oxygens (including phenoxy) is 1. The van der Waals surface area contributed by atoms with Crippen molar-refractivity contribution >= 4 is 17.5 Å². The summed E-state index contributed by atoms with van der Waals surface area (Å²) < 4.78 is 5.19. The van der Waals surface area contributed by atoms with Gasteiger partial charge in [0.2, 0.25) is 5.91 Å². The van der Waals surface area contributed by atoms with Crippen LogP contribution in [0, 0.1) is 5.41 Å². The van der Waals surface area contributed by atoms with E-state index >= 15 is 0 Å². The van der Waals surface area contributed by atoms with Crippen molar-refractivity contribution < 1.29 is 9.53 Å². The lowest BCUT2D eigenvalue weighted by atomic mass is 9.89. The normalized spacial score (nSPS) is 15.3. The highest BCUT2D eigenvalue weighted by Gasteiger charge is 2.23. The lowest BCUT2D eigenvalue weighted by molar-refractivity contribution is -0.136. The highest BCUT2D eigenvalue weighted by atomic mass is 35.5. The van der Waals surface area contributed by atoms with Crippen molar-refractivity contribution in [2.24, 2.45) is 5.41 Å². The summed E-state index contributed by atoms with van der Waals surface area (Å²) in [6, 6.07) is 0. The zero-order chi connectivity index (χ0) is 15.4. The molecular weight excluding hydrogens is 274 g/mol. The van der Waals surface area contributed by atoms with Crippen LogP contribution in [-0.2, 0) is 9.53 Å². The number of amides is 1. The van der Waals surface area contributed by atoms with Crippen molar-refractivity contribution in [2.45, 2.75) is 46.5 Å². The predicted molar refractivity (Wildman–Crippen MR) is 86.2 cm³/mol. The van der Waals surface area contributed by atoms with Crippen molar-refractivity contribution in [1.29, 1.82) is 0 Å². The Labute approximate surface area is 129 Å². The van der Waals surface area contributed by atoms with E-state index in [0.717, 1.165) is 19.0 Å². The molecular formula is C16H30ClNO2. The SMILES string of the molecule is C=CC(C)(C)CC(=O)N1CCOCC1.CCCCCCl. The largest absolute Gasteiger partial charge is 0.378 e. The first kappa shape index (κ1) is 19.5. The second kappa shape index (κ2) is 11.2. The summed E-state index contributed by atoms with van der Waals surface area (Å²) >= 11 is 5.38. The highest BCUT2D eigenvalue weighted by molar-refractivity contribution is 6.17. The number of rotatable bonds is 6. The van der Waals surface area contributed by atoms with Gasteiger partial charge in [-0.25, -0.2) is 0 Å². The van der Waals surface area contributed by atoms with E-state index in [1.54, 1.807) is 0 Å². The Kier molecular flexibility index (Phi) is 10.9. The van der Waals surface area contributed by atoms with Crippen LogP contribution in [0.4, 0.5) is 0 Å². The molecule has 20 heavy (non-hydrogen) atoms. The van der Waals surface area contributed by atoms with Crippen LogP contribution >= 0.6 is 11.6 Å². The molecule has 1 saturated heterocycles. The van der Waals surface area contributed by atoms with Crippen molar-refractivity contribution in [3.05, 3.63) is 12.7 Å². The lowest BCUT2D eigenvalue weighted by Gasteiger charge is -2.29. The number of halogens is 1. The molecule has 0 aromatic carbocycles. The zero-order valence-electron chi connectivity index (χ0n) is 13.3. The molecule has 1 rings (SSSR count). The molecule has 1 aliphatic rings. The molecule has 0 aliphatic carbocycles. The van der Waals surface area contributed by atoms with Crippen LogP contribution in [0.3, 0.4) is 0 Å². The molecule has 0 bridgehead atoms. The average Bonchev–Trinajstić information content (AvgIpc) is 2.46. The third kappa shape index (κ3) is 9.38. The molecule has 0 radical (unpaired) electrons. The van der Waals surface area contributed by atoms with Gasteiger partial charge in [-0.2, -0.15) is 0 Å². The predicted octanol–water partition coefficient (Wildman–Crippen LogP) is 3.86. The zero-order valence-corrected chi connectivity index (χ0v) is 14.0. The summed E-state index contributed by atoms with van der Waals surface area (Å²) in [5.74, 6) is 1.03. The maximum absolute atomic E-state index is 11.8. The van der Waals surface area contributed by atoms with E-state index in [1.165, 1.54) is 19.3 Å². The van der Waals surface area contributed by atoms with Crippen molar-refractivity contribution in [2.75, 3.05) is 32.2 Å². The highest BCUT2D eigenvalue weighted by Crippen LogP contribution is 2.22.